The van der Waals surface area contributed by atoms with Crippen LogP contribution in [0, 0.1) is 0 Å². The van der Waals surface area contributed by atoms with Crippen molar-refractivity contribution in [3.05, 3.63) is 0 Å². The first-order valence-electron chi connectivity index (χ1n) is 4.81. The number of hydrogen-bond acceptors (Lipinski definition) is 4. The van der Waals surface area contributed by atoms with E-state index in [9.17, 15) is 14.7 Å². The Labute approximate surface area is 92.2 Å². The summed E-state index contributed by atoms with van der Waals surface area (Å²) in [5.41, 5.74) is 0. The number of aliphatic carboxylic acids is 1. The molecule has 0 aromatic carbocycles. The van der Waals surface area contributed by atoms with Gasteiger partial charge in [-0.05, 0) is 13.3 Å². The largest absolute Gasteiger partial charge is 0.480 e. The summed E-state index contributed by atoms with van der Waals surface area (Å²) in [5, 5.41) is 20.4. The molecule has 0 bridgehead atoms. The molecule has 0 radical (unpaired) electrons. The lowest BCUT2D eigenvalue weighted by atomic mass is 10.1. The minimum absolute atomic E-state index is 0.00866. The summed E-state index contributed by atoms with van der Waals surface area (Å²) in [6.07, 6.45) is 0.334. The predicted octanol–water partition coefficient (Wildman–Crippen LogP) is -0.168. The fraction of sp³-hybridized carbons (Fsp3) is 0.778. The number of carboxylic acid groups (broad SMARTS) is 1. The third-order valence-corrected chi connectivity index (χ3v) is 3.51. The van der Waals surface area contributed by atoms with E-state index in [2.05, 4.69) is 5.32 Å². The van der Waals surface area contributed by atoms with Crippen LogP contribution in [0.3, 0.4) is 0 Å². The van der Waals surface area contributed by atoms with Crippen LogP contribution in [-0.2, 0) is 9.59 Å². The van der Waals surface area contributed by atoms with Gasteiger partial charge in [0.25, 0.3) is 0 Å². The summed E-state index contributed by atoms with van der Waals surface area (Å²) < 4.78 is 0. The zero-order chi connectivity index (χ0) is 11.4. The van der Waals surface area contributed by atoms with Crippen molar-refractivity contribution in [2.24, 2.45) is 0 Å². The van der Waals surface area contributed by atoms with Gasteiger partial charge in [0.1, 0.15) is 6.04 Å². The maximum Gasteiger partial charge on any atom is 0.327 e. The molecule has 86 valence electrons. The maximum atomic E-state index is 11.3. The zero-order valence-corrected chi connectivity index (χ0v) is 9.29. The van der Waals surface area contributed by atoms with Crippen molar-refractivity contribution in [2.75, 3.05) is 5.75 Å². The molecule has 1 fully saturated rings. The number of carbonyl (C=O) groups is 2. The summed E-state index contributed by atoms with van der Waals surface area (Å²) in [7, 11) is 0. The molecule has 1 rings (SSSR count). The number of amides is 1. The van der Waals surface area contributed by atoms with Crippen LogP contribution in [0.15, 0.2) is 0 Å². The minimum atomic E-state index is -1.01. The van der Waals surface area contributed by atoms with Gasteiger partial charge >= 0.3 is 5.97 Å². The maximum absolute atomic E-state index is 11.3. The molecule has 0 spiro atoms. The Morgan fingerprint density at radius 3 is 2.93 bits per heavy atom. The lowest BCUT2D eigenvalue weighted by Crippen LogP contribution is -2.41. The lowest BCUT2D eigenvalue weighted by Gasteiger charge is -2.13. The molecule has 15 heavy (non-hydrogen) atoms. The molecular weight excluding hydrogens is 218 g/mol. The SMILES string of the molecule is CC(O)CC1CC(=O)NC(C(=O)O)CS1. The van der Waals surface area contributed by atoms with Crippen LogP contribution in [0.1, 0.15) is 19.8 Å². The third kappa shape index (κ3) is 4.09. The Morgan fingerprint density at radius 1 is 1.73 bits per heavy atom. The van der Waals surface area contributed by atoms with Crippen molar-refractivity contribution in [1.82, 2.24) is 5.32 Å². The smallest absolute Gasteiger partial charge is 0.327 e. The van der Waals surface area contributed by atoms with Crippen LogP contribution in [0.2, 0.25) is 0 Å². The quantitative estimate of drug-likeness (QED) is 0.630. The van der Waals surface area contributed by atoms with Crippen LogP contribution in [0.25, 0.3) is 0 Å². The molecule has 0 aromatic rings. The van der Waals surface area contributed by atoms with Gasteiger partial charge in [-0.25, -0.2) is 4.79 Å². The molecule has 3 atom stereocenters. The van der Waals surface area contributed by atoms with Crippen molar-refractivity contribution < 1.29 is 19.8 Å². The number of carbonyl (C=O) groups excluding carboxylic acids is 1. The van der Waals surface area contributed by atoms with E-state index < -0.39 is 18.1 Å². The monoisotopic (exact) mass is 233 g/mol. The van der Waals surface area contributed by atoms with E-state index in [1.165, 1.54) is 11.8 Å². The Hall–Kier alpha value is -0.750. The molecule has 1 amide bonds. The number of aliphatic hydroxyl groups is 1. The van der Waals surface area contributed by atoms with Gasteiger partial charge in [0.05, 0.1) is 6.10 Å². The van der Waals surface area contributed by atoms with Crippen molar-refractivity contribution in [3.8, 4) is 0 Å². The van der Waals surface area contributed by atoms with E-state index in [4.69, 9.17) is 5.11 Å². The molecule has 1 heterocycles. The fourth-order valence-corrected chi connectivity index (χ4v) is 2.83. The Kier molecular flexibility index (Phi) is 4.41. The van der Waals surface area contributed by atoms with Crippen LogP contribution in [0.4, 0.5) is 0 Å². The topological polar surface area (TPSA) is 86.6 Å². The van der Waals surface area contributed by atoms with Gasteiger partial charge < -0.3 is 15.5 Å². The van der Waals surface area contributed by atoms with Crippen molar-refractivity contribution in [3.63, 3.8) is 0 Å². The molecule has 5 nitrogen and oxygen atoms in total. The highest BCUT2D eigenvalue weighted by atomic mass is 32.2. The van der Waals surface area contributed by atoms with Gasteiger partial charge in [-0.2, -0.15) is 11.8 Å². The van der Waals surface area contributed by atoms with Gasteiger partial charge in [-0.15, -0.1) is 0 Å². The molecule has 0 aliphatic carbocycles. The Bertz CT molecular complexity index is 256. The van der Waals surface area contributed by atoms with E-state index in [-0.39, 0.29) is 17.6 Å². The number of aliphatic hydroxyl groups excluding tert-OH is 1. The Morgan fingerprint density at radius 2 is 2.40 bits per heavy atom. The molecule has 0 aromatic heterocycles. The Balaban J connectivity index is 2.54. The lowest BCUT2D eigenvalue weighted by molar-refractivity contribution is -0.141. The van der Waals surface area contributed by atoms with Crippen molar-refractivity contribution in [2.45, 2.75) is 37.2 Å². The highest BCUT2D eigenvalue weighted by Gasteiger charge is 2.28. The first-order valence-corrected chi connectivity index (χ1v) is 5.85. The normalized spacial score (nSPS) is 29.1. The van der Waals surface area contributed by atoms with Crippen LogP contribution in [-0.4, -0.2) is 45.2 Å². The highest BCUT2D eigenvalue weighted by molar-refractivity contribution is 8.00. The van der Waals surface area contributed by atoms with Crippen molar-refractivity contribution >= 4 is 23.6 Å². The average molecular weight is 233 g/mol. The molecular formula is C9H15NO4S. The first-order chi connectivity index (χ1) is 6.99. The fourth-order valence-electron chi connectivity index (χ4n) is 1.46. The molecule has 6 heteroatoms. The summed E-state index contributed by atoms with van der Waals surface area (Å²) in [5.74, 6) is -0.898. The van der Waals surface area contributed by atoms with Gasteiger partial charge in [0.15, 0.2) is 0 Å². The second-order valence-electron chi connectivity index (χ2n) is 3.70. The molecule has 3 N–H and O–H groups in total. The van der Waals surface area contributed by atoms with E-state index in [0.29, 0.717) is 12.2 Å². The number of carboxylic acids is 1. The molecule has 1 aliphatic heterocycles. The van der Waals surface area contributed by atoms with E-state index >= 15 is 0 Å². The summed E-state index contributed by atoms with van der Waals surface area (Å²) in [6, 6.07) is -0.804. The van der Waals surface area contributed by atoms with E-state index in [1.54, 1.807) is 6.92 Å². The standard InChI is InChI=1S/C9H15NO4S/c1-5(11)2-6-3-8(12)10-7(4-15-6)9(13)14/h5-7,11H,2-4H2,1H3,(H,10,12)(H,13,14). The van der Waals surface area contributed by atoms with E-state index in [1.807, 2.05) is 0 Å². The summed E-state index contributed by atoms with van der Waals surface area (Å²) in [6.45, 7) is 1.66. The second kappa shape index (κ2) is 5.37. The second-order valence-corrected chi connectivity index (χ2v) is 5.04. The highest BCUT2D eigenvalue weighted by Crippen LogP contribution is 2.23. The molecule has 3 unspecified atom stereocenters. The number of thioether (sulfide) groups is 1. The number of hydrogen-bond donors (Lipinski definition) is 3. The predicted molar refractivity (Wildman–Crippen MR) is 56.7 cm³/mol. The van der Waals surface area contributed by atoms with E-state index in [0.717, 1.165) is 0 Å². The third-order valence-electron chi connectivity index (χ3n) is 2.15. The van der Waals surface area contributed by atoms with Crippen LogP contribution in [0.5, 0.6) is 0 Å². The number of rotatable bonds is 3. The van der Waals surface area contributed by atoms with Gasteiger partial charge in [0, 0.05) is 17.4 Å². The summed E-state index contributed by atoms with van der Waals surface area (Å²) >= 11 is 1.43. The van der Waals surface area contributed by atoms with Gasteiger partial charge in [-0.3, -0.25) is 4.79 Å². The van der Waals surface area contributed by atoms with Gasteiger partial charge in [0.2, 0.25) is 5.91 Å². The first kappa shape index (κ1) is 12.3. The van der Waals surface area contributed by atoms with Crippen LogP contribution < -0.4 is 5.32 Å². The minimum Gasteiger partial charge on any atom is -0.480 e. The van der Waals surface area contributed by atoms with Crippen molar-refractivity contribution in [1.29, 1.82) is 0 Å². The molecule has 0 saturated carbocycles. The number of nitrogens with one attached hydrogen (secondary N) is 1. The zero-order valence-electron chi connectivity index (χ0n) is 8.47. The molecule has 1 saturated heterocycles. The van der Waals surface area contributed by atoms with Gasteiger partial charge in [-0.1, -0.05) is 0 Å². The summed E-state index contributed by atoms with van der Waals surface area (Å²) in [4.78, 5) is 22.0. The van der Waals surface area contributed by atoms with Crippen LogP contribution >= 0.6 is 11.8 Å². The molecule has 1 aliphatic rings. The average Bonchev–Trinajstić information content (AvgIpc) is 2.26.